The molecule has 0 saturated carbocycles. The Balaban J connectivity index is 3.34. The molecule has 0 heterocycles. The van der Waals surface area contributed by atoms with Gasteiger partial charge in [0.05, 0.1) is 30.3 Å². The van der Waals surface area contributed by atoms with Crippen LogP contribution in [0.5, 0.6) is 5.75 Å². The molecule has 104 valence electrons. The Morgan fingerprint density at radius 1 is 1.58 bits per heavy atom. The summed E-state index contributed by atoms with van der Waals surface area (Å²) in [7, 11) is 1.33. The van der Waals surface area contributed by atoms with Crippen molar-refractivity contribution in [3.8, 4) is 5.75 Å². The van der Waals surface area contributed by atoms with Gasteiger partial charge in [-0.15, -0.1) is 0 Å². The second-order valence-electron chi connectivity index (χ2n) is 3.64. The van der Waals surface area contributed by atoms with E-state index in [0.717, 1.165) is 0 Å². The number of ether oxygens (including phenoxy) is 2. The molecule has 8 heteroatoms. The number of nitrogens with zero attached hydrogens (tertiary/aromatic N) is 1. The fourth-order valence-electron chi connectivity index (χ4n) is 1.63. The average Bonchev–Trinajstić information content (AvgIpc) is 2.35. The Kier molecular flexibility index (Phi) is 5.08. The van der Waals surface area contributed by atoms with Crippen molar-refractivity contribution in [2.24, 2.45) is 0 Å². The molecule has 1 N–H and O–H groups in total. The zero-order chi connectivity index (χ0) is 14.6. The predicted molar refractivity (Wildman–Crippen MR) is 66.3 cm³/mol. The van der Waals surface area contributed by atoms with Crippen LogP contribution in [-0.4, -0.2) is 22.6 Å². The monoisotopic (exact) mass is 289 g/mol. The molecule has 0 aliphatic carbocycles. The molecule has 7 nitrogen and oxygen atoms in total. The minimum absolute atomic E-state index is 0.129. The van der Waals surface area contributed by atoms with Crippen molar-refractivity contribution < 1.29 is 24.3 Å². The summed E-state index contributed by atoms with van der Waals surface area (Å²) >= 11 is 5.08. The molecule has 19 heavy (non-hydrogen) atoms. The minimum atomic E-state index is -1.07. The van der Waals surface area contributed by atoms with Crippen molar-refractivity contribution in [1.29, 1.82) is 0 Å². The summed E-state index contributed by atoms with van der Waals surface area (Å²) < 4.78 is 9.64. The number of carbonyl (C=O) groups excluding carboxylic acids is 1. The fraction of sp³-hybridized carbons (Fsp3) is 0.364. The van der Waals surface area contributed by atoms with E-state index in [1.165, 1.54) is 26.2 Å². The quantitative estimate of drug-likeness (QED) is 0.508. The van der Waals surface area contributed by atoms with E-state index in [2.05, 4.69) is 0 Å². The van der Waals surface area contributed by atoms with Gasteiger partial charge in [-0.05, 0) is 13.0 Å². The number of hydrogen-bond donors (Lipinski definition) is 1. The lowest BCUT2D eigenvalue weighted by Crippen LogP contribution is -2.07. The van der Waals surface area contributed by atoms with Crippen molar-refractivity contribution in [3.05, 3.63) is 33.4 Å². The van der Waals surface area contributed by atoms with Crippen LogP contribution in [0.25, 0.3) is 0 Å². The first-order chi connectivity index (χ1) is 8.90. The van der Waals surface area contributed by atoms with Crippen molar-refractivity contribution in [3.63, 3.8) is 0 Å². The van der Waals surface area contributed by atoms with Gasteiger partial charge < -0.3 is 14.6 Å². The summed E-state index contributed by atoms with van der Waals surface area (Å²) in [5.41, 5.74) is -0.868. The summed E-state index contributed by atoms with van der Waals surface area (Å²) in [6.07, 6.45) is -0.915. The number of nitro groups is 1. The highest BCUT2D eigenvalue weighted by molar-refractivity contribution is 6.61. The third-order valence-corrected chi connectivity index (χ3v) is 2.59. The van der Waals surface area contributed by atoms with Crippen LogP contribution in [0.2, 0.25) is 0 Å². The number of aliphatic hydroxyl groups is 1. The summed E-state index contributed by atoms with van der Waals surface area (Å²) in [4.78, 5) is 21.1. The van der Waals surface area contributed by atoms with E-state index in [-0.39, 0.29) is 23.6 Å². The minimum Gasteiger partial charge on any atom is -0.496 e. The predicted octanol–water partition coefficient (Wildman–Crippen LogP) is 2.53. The first kappa shape index (κ1) is 15.2. The lowest BCUT2D eigenvalue weighted by molar-refractivity contribution is -0.386. The maximum atomic E-state index is 11.0. The zero-order valence-electron chi connectivity index (χ0n) is 10.3. The summed E-state index contributed by atoms with van der Waals surface area (Å²) in [6.45, 7) is 1.08. The lowest BCUT2D eigenvalue weighted by Gasteiger charge is -2.14. The molecular formula is C11H12ClNO6. The third kappa shape index (κ3) is 3.55. The number of hydrogen-bond acceptors (Lipinski definition) is 6. The topological polar surface area (TPSA) is 98.9 Å². The van der Waals surface area contributed by atoms with E-state index in [1.54, 1.807) is 0 Å². The summed E-state index contributed by atoms with van der Waals surface area (Å²) in [6, 6.07) is 2.51. The fourth-order valence-corrected chi connectivity index (χ4v) is 1.77. The summed E-state index contributed by atoms with van der Waals surface area (Å²) in [5.74, 6) is 0.183. The molecule has 0 amide bonds. The van der Waals surface area contributed by atoms with E-state index in [9.17, 15) is 20.0 Å². The maximum Gasteiger partial charge on any atom is 0.404 e. The second-order valence-corrected chi connectivity index (χ2v) is 3.94. The van der Waals surface area contributed by atoms with Gasteiger partial charge in [-0.1, -0.05) is 0 Å². The Labute approximate surface area is 113 Å². The number of nitro benzene ring substituents is 1. The molecular weight excluding hydrogens is 278 g/mol. The van der Waals surface area contributed by atoms with Crippen LogP contribution in [0.3, 0.4) is 0 Å². The average molecular weight is 290 g/mol. The maximum absolute atomic E-state index is 11.0. The molecule has 1 unspecified atom stereocenters. The Bertz CT molecular complexity index is 504. The first-order valence-corrected chi connectivity index (χ1v) is 5.60. The molecule has 1 atom stereocenters. The smallest absolute Gasteiger partial charge is 0.404 e. The largest absolute Gasteiger partial charge is 0.496 e. The molecule has 1 aromatic carbocycles. The highest BCUT2D eigenvalue weighted by atomic mass is 35.5. The van der Waals surface area contributed by atoms with E-state index in [1.807, 2.05) is 0 Å². The van der Waals surface area contributed by atoms with Crippen LogP contribution in [0.15, 0.2) is 12.1 Å². The van der Waals surface area contributed by atoms with Crippen LogP contribution in [0.1, 0.15) is 24.2 Å². The van der Waals surface area contributed by atoms with Crippen molar-refractivity contribution in [2.75, 3.05) is 7.11 Å². The molecule has 0 aliphatic rings. The van der Waals surface area contributed by atoms with Gasteiger partial charge in [-0.2, -0.15) is 0 Å². The van der Waals surface area contributed by atoms with Gasteiger partial charge in [0.2, 0.25) is 0 Å². The number of halogens is 1. The van der Waals surface area contributed by atoms with Gasteiger partial charge in [0.15, 0.2) is 0 Å². The molecule has 0 radical (unpaired) electrons. The molecule has 0 saturated heterocycles. The highest BCUT2D eigenvalue weighted by Crippen LogP contribution is 2.34. The van der Waals surface area contributed by atoms with E-state index in [0.29, 0.717) is 5.56 Å². The number of carbonyl (C=O) groups is 1. The molecule has 1 aromatic rings. The van der Waals surface area contributed by atoms with Gasteiger partial charge >= 0.3 is 5.43 Å². The van der Waals surface area contributed by atoms with E-state index in [4.69, 9.17) is 21.1 Å². The molecule has 0 aliphatic heterocycles. The normalized spacial score (nSPS) is 11.8. The molecule has 0 spiro atoms. The third-order valence-electron chi connectivity index (χ3n) is 2.50. The number of benzene rings is 1. The summed E-state index contributed by atoms with van der Waals surface area (Å²) in [5, 5.41) is 20.2. The number of rotatable bonds is 5. The first-order valence-electron chi connectivity index (χ1n) is 5.22. The van der Waals surface area contributed by atoms with Crippen molar-refractivity contribution >= 4 is 22.7 Å². The Morgan fingerprint density at radius 3 is 2.63 bits per heavy atom. The second kappa shape index (κ2) is 6.35. The van der Waals surface area contributed by atoms with Gasteiger partial charge in [0.1, 0.15) is 11.9 Å². The zero-order valence-corrected chi connectivity index (χ0v) is 11.0. The highest BCUT2D eigenvalue weighted by Gasteiger charge is 2.24. The van der Waals surface area contributed by atoms with Crippen LogP contribution in [0.4, 0.5) is 10.5 Å². The van der Waals surface area contributed by atoms with Gasteiger partial charge in [-0.3, -0.25) is 10.1 Å². The molecule has 0 aromatic heterocycles. The molecule has 0 fully saturated rings. The Morgan fingerprint density at radius 2 is 2.21 bits per heavy atom. The van der Waals surface area contributed by atoms with Crippen LogP contribution in [0, 0.1) is 10.1 Å². The SMILES string of the molecule is COc1cc([N+](=O)[O-])c(C(C)OC(=O)Cl)cc1CO. The van der Waals surface area contributed by atoms with Gasteiger partial charge in [-0.25, -0.2) is 4.79 Å². The van der Waals surface area contributed by atoms with Crippen LogP contribution < -0.4 is 4.74 Å². The van der Waals surface area contributed by atoms with E-state index < -0.39 is 16.5 Å². The van der Waals surface area contributed by atoms with E-state index >= 15 is 0 Å². The standard InChI is InChI=1S/C11H12ClNO6/c1-6(19-11(12)15)8-3-7(5-14)10(18-2)4-9(8)13(16)17/h3-4,6,14H,5H2,1-2H3. The lowest BCUT2D eigenvalue weighted by atomic mass is 10.0. The van der Waals surface area contributed by atoms with Crippen LogP contribution in [-0.2, 0) is 11.3 Å². The van der Waals surface area contributed by atoms with Crippen LogP contribution >= 0.6 is 11.6 Å². The molecule has 0 bridgehead atoms. The van der Waals surface area contributed by atoms with Crippen molar-refractivity contribution in [1.82, 2.24) is 0 Å². The van der Waals surface area contributed by atoms with Gasteiger partial charge in [0.25, 0.3) is 5.69 Å². The molecule has 1 rings (SSSR count). The number of methoxy groups -OCH3 is 1. The number of aliphatic hydroxyl groups excluding tert-OH is 1. The Hall–Kier alpha value is -1.86. The van der Waals surface area contributed by atoms with Gasteiger partial charge in [0, 0.05) is 17.2 Å². The van der Waals surface area contributed by atoms with Crippen molar-refractivity contribution in [2.45, 2.75) is 19.6 Å².